The third-order valence-corrected chi connectivity index (χ3v) is 4.15. The minimum atomic E-state index is 0. The first kappa shape index (κ1) is 20.5. The van der Waals surface area contributed by atoms with Gasteiger partial charge in [0.15, 0.2) is 5.96 Å². The van der Waals surface area contributed by atoms with Crippen molar-refractivity contribution in [2.45, 2.75) is 13.0 Å². The molecule has 1 aliphatic rings. The molecule has 0 amide bonds. The molecule has 0 spiro atoms. The fourth-order valence-corrected chi connectivity index (χ4v) is 2.82. The standard InChI is InChI=1S/C18H25N5O2.HI/c1-2-7-19-18(20-8-5-17-4-3-13-24-17)23-11-9-22(10-12-23)15-16-6-14-25-21-16;/h2-4,6,13-14H,1,5,7-12,15H2,(H,19,20);1H. The molecule has 3 heterocycles. The summed E-state index contributed by atoms with van der Waals surface area (Å²) in [6.45, 7) is 9.82. The zero-order valence-corrected chi connectivity index (χ0v) is 17.2. The third kappa shape index (κ3) is 6.17. The zero-order chi connectivity index (χ0) is 17.3. The lowest BCUT2D eigenvalue weighted by atomic mass is 10.3. The van der Waals surface area contributed by atoms with Gasteiger partial charge in [0.05, 0.1) is 12.0 Å². The molecule has 0 atom stereocenters. The summed E-state index contributed by atoms with van der Waals surface area (Å²) in [4.78, 5) is 9.41. The van der Waals surface area contributed by atoms with Crippen molar-refractivity contribution in [2.75, 3.05) is 39.3 Å². The SMILES string of the molecule is C=CCNC(=NCCc1ccco1)N1CCN(Cc2ccon2)CC1.I. The lowest BCUT2D eigenvalue weighted by Crippen LogP contribution is -2.52. The van der Waals surface area contributed by atoms with Crippen molar-refractivity contribution in [2.24, 2.45) is 4.99 Å². The Morgan fingerprint density at radius 2 is 2.12 bits per heavy atom. The average molecular weight is 471 g/mol. The Hall–Kier alpha value is -1.81. The molecule has 26 heavy (non-hydrogen) atoms. The molecule has 3 rings (SSSR count). The van der Waals surface area contributed by atoms with Gasteiger partial charge in [-0.05, 0) is 12.1 Å². The van der Waals surface area contributed by atoms with Crippen LogP contribution in [0.4, 0.5) is 0 Å². The Balaban J connectivity index is 0.00000243. The van der Waals surface area contributed by atoms with Gasteiger partial charge in [-0.3, -0.25) is 9.89 Å². The lowest BCUT2D eigenvalue weighted by Gasteiger charge is -2.36. The van der Waals surface area contributed by atoms with Crippen LogP contribution >= 0.6 is 24.0 Å². The van der Waals surface area contributed by atoms with E-state index in [2.05, 4.69) is 26.9 Å². The van der Waals surface area contributed by atoms with Crippen molar-refractivity contribution >= 4 is 29.9 Å². The molecule has 1 saturated heterocycles. The van der Waals surface area contributed by atoms with Crippen molar-refractivity contribution < 1.29 is 8.94 Å². The number of aliphatic imine (C=N–C) groups is 1. The van der Waals surface area contributed by atoms with Gasteiger partial charge >= 0.3 is 0 Å². The number of piperazine rings is 1. The number of nitrogens with zero attached hydrogens (tertiary/aromatic N) is 4. The highest BCUT2D eigenvalue weighted by Crippen LogP contribution is 2.08. The Labute approximate surface area is 171 Å². The van der Waals surface area contributed by atoms with Crippen LogP contribution < -0.4 is 5.32 Å². The number of guanidine groups is 1. The van der Waals surface area contributed by atoms with Crippen LogP contribution in [0.5, 0.6) is 0 Å². The number of furan rings is 1. The molecule has 0 aliphatic carbocycles. The molecule has 0 radical (unpaired) electrons. The summed E-state index contributed by atoms with van der Waals surface area (Å²) in [6, 6.07) is 5.80. The second-order valence-electron chi connectivity index (χ2n) is 5.96. The first-order valence-electron chi connectivity index (χ1n) is 8.63. The van der Waals surface area contributed by atoms with Crippen LogP contribution in [0.15, 0.2) is 57.3 Å². The molecule has 2 aromatic rings. The largest absolute Gasteiger partial charge is 0.469 e. The molecule has 1 N–H and O–H groups in total. The smallest absolute Gasteiger partial charge is 0.194 e. The molecule has 0 unspecified atom stereocenters. The fourth-order valence-electron chi connectivity index (χ4n) is 2.82. The van der Waals surface area contributed by atoms with Gasteiger partial charge in [0, 0.05) is 58.3 Å². The van der Waals surface area contributed by atoms with Crippen LogP contribution in [0.1, 0.15) is 11.5 Å². The fraction of sp³-hybridized carbons (Fsp3) is 0.444. The summed E-state index contributed by atoms with van der Waals surface area (Å²) in [6.07, 6.45) is 5.97. The molecule has 2 aromatic heterocycles. The second-order valence-corrected chi connectivity index (χ2v) is 5.96. The molecule has 1 aliphatic heterocycles. The van der Waals surface area contributed by atoms with Gasteiger partial charge < -0.3 is 19.2 Å². The topological polar surface area (TPSA) is 70.0 Å². The van der Waals surface area contributed by atoms with Crippen LogP contribution in [-0.2, 0) is 13.0 Å². The first-order valence-corrected chi connectivity index (χ1v) is 8.63. The van der Waals surface area contributed by atoms with E-state index < -0.39 is 0 Å². The van der Waals surface area contributed by atoms with Gasteiger partial charge in [0.25, 0.3) is 0 Å². The van der Waals surface area contributed by atoms with Gasteiger partial charge in [0.1, 0.15) is 12.0 Å². The van der Waals surface area contributed by atoms with E-state index in [0.717, 1.165) is 56.6 Å². The molecule has 142 valence electrons. The van der Waals surface area contributed by atoms with Crippen molar-refractivity contribution in [3.63, 3.8) is 0 Å². The average Bonchev–Trinajstić information content (AvgIpc) is 3.33. The van der Waals surface area contributed by atoms with Crippen molar-refractivity contribution in [1.82, 2.24) is 20.3 Å². The summed E-state index contributed by atoms with van der Waals surface area (Å²) >= 11 is 0. The van der Waals surface area contributed by atoms with E-state index in [1.807, 2.05) is 24.3 Å². The highest BCUT2D eigenvalue weighted by Gasteiger charge is 2.20. The molecule has 0 aromatic carbocycles. The molecule has 0 bridgehead atoms. The Morgan fingerprint density at radius 3 is 2.77 bits per heavy atom. The van der Waals surface area contributed by atoms with E-state index in [9.17, 15) is 0 Å². The summed E-state index contributed by atoms with van der Waals surface area (Å²) in [7, 11) is 0. The van der Waals surface area contributed by atoms with Gasteiger partial charge in [-0.1, -0.05) is 11.2 Å². The highest BCUT2D eigenvalue weighted by molar-refractivity contribution is 14.0. The summed E-state index contributed by atoms with van der Waals surface area (Å²) in [5, 5.41) is 7.34. The lowest BCUT2D eigenvalue weighted by molar-refractivity contribution is 0.169. The van der Waals surface area contributed by atoms with Crippen LogP contribution in [-0.4, -0.2) is 60.2 Å². The molecular formula is C18H26IN5O2. The Morgan fingerprint density at radius 1 is 1.27 bits per heavy atom. The highest BCUT2D eigenvalue weighted by atomic mass is 127. The van der Waals surface area contributed by atoms with Crippen LogP contribution in [0, 0.1) is 0 Å². The maximum atomic E-state index is 5.37. The van der Waals surface area contributed by atoms with E-state index in [4.69, 9.17) is 13.9 Å². The van der Waals surface area contributed by atoms with Gasteiger partial charge in [0.2, 0.25) is 0 Å². The number of aromatic nitrogens is 1. The van der Waals surface area contributed by atoms with E-state index in [1.165, 1.54) is 0 Å². The van der Waals surface area contributed by atoms with Gasteiger partial charge in [-0.25, -0.2) is 0 Å². The predicted molar refractivity (Wildman–Crippen MR) is 112 cm³/mol. The Bertz CT molecular complexity index is 649. The van der Waals surface area contributed by atoms with Crippen LogP contribution in [0.3, 0.4) is 0 Å². The predicted octanol–water partition coefficient (Wildman–Crippen LogP) is 2.38. The molecule has 7 nitrogen and oxygen atoms in total. The van der Waals surface area contributed by atoms with Crippen molar-refractivity contribution in [3.05, 3.63) is 54.8 Å². The van der Waals surface area contributed by atoms with Gasteiger partial charge in [-0.15, -0.1) is 30.6 Å². The summed E-state index contributed by atoms with van der Waals surface area (Å²) in [5.41, 5.74) is 0.977. The van der Waals surface area contributed by atoms with E-state index in [1.54, 1.807) is 12.5 Å². The number of halogens is 1. The number of nitrogens with one attached hydrogen (secondary N) is 1. The van der Waals surface area contributed by atoms with Crippen molar-refractivity contribution in [1.29, 1.82) is 0 Å². The minimum Gasteiger partial charge on any atom is -0.469 e. The number of hydrogen-bond acceptors (Lipinski definition) is 5. The summed E-state index contributed by atoms with van der Waals surface area (Å²) in [5.74, 6) is 1.90. The second kappa shape index (κ2) is 11.0. The van der Waals surface area contributed by atoms with Crippen molar-refractivity contribution in [3.8, 4) is 0 Å². The maximum Gasteiger partial charge on any atom is 0.194 e. The third-order valence-electron chi connectivity index (χ3n) is 4.15. The van der Waals surface area contributed by atoms with Crippen LogP contribution in [0.25, 0.3) is 0 Å². The van der Waals surface area contributed by atoms with Gasteiger partial charge in [-0.2, -0.15) is 0 Å². The zero-order valence-electron chi connectivity index (χ0n) is 14.8. The van der Waals surface area contributed by atoms with E-state index >= 15 is 0 Å². The molecule has 0 saturated carbocycles. The number of hydrogen-bond donors (Lipinski definition) is 1. The summed E-state index contributed by atoms with van der Waals surface area (Å²) < 4.78 is 10.3. The van der Waals surface area contributed by atoms with Crippen LogP contribution in [0.2, 0.25) is 0 Å². The maximum absolute atomic E-state index is 5.37. The minimum absolute atomic E-state index is 0. The molecule has 1 fully saturated rings. The number of rotatable bonds is 7. The quantitative estimate of drug-likeness (QED) is 0.290. The first-order chi connectivity index (χ1) is 12.3. The monoisotopic (exact) mass is 471 g/mol. The molecule has 8 heteroatoms. The van der Waals surface area contributed by atoms with E-state index in [0.29, 0.717) is 13.1 Å². The van der Waals surface area contributed by atoms with E-state index in [-0.39, 0.29) is 24.0 Å². The Kier molecular flexibility index (Phi) is 8.69. The molecular weight excluding hydrogens is 445 g/mol. The normalized spacial score (nSPS) is 15.5.